The maximum Gasteiger partial charge on any atom is 0.225 e. The quantitative estimate of drug-likeness (QED) is 0.916. The van der Waals surface area contributed by atoms with Crippen LogP contribution in [0.15, 0.2) is 24.5 Å². The Morgan fingerprint density at radius 2 is 1.91 bits per heavy atom. The topological polar surface area (TPSA) is 49.0 Å². The Morgan fingerprint density at radius 3 is 2.70 bits per heavy atom. The molecule has 4 rings (SSSR count). The highest BCUT2D eigenvalue weighted by molar-refractivity contribution is 5.81. The van der Waals surface area contributed by atoms with Crippen LogP contribution in [0.3, 0.4) is 0 Å². The number of nitrogens with zero attached hydrogens (tertiary/aromatic N) is 2. The van der Waals surface area contributed by atoms with Crippen molar-refractivity contribution in [2.45, 2.75) is 50.9 Å². The van der Waals surface area contributed by atoms with Crippen molar-refractivity contribution in [1.29, 1.82) is 0 Å². The van der Waals surface area contributed by atoms with Crippen molar-refractivity contribution in [2.24, 2.45) is 5.92 Å². The van der Waals surface area contributed by atoms with Gasteiger partial charge in [-0.25, -0.2) is 4.98 Å². The van der Waals surface area contributed by atoms with Gasteiger partial charge in [-0.1, -0.05) is 19.3 Å². The molecule has 23 heavy (non-hydrogen) atoms. The Bertz CT molecular complexity index is 679. The van der Waals surface area contributed by atoms with E-state index in [0.29, 0.717) is 17.7 Å². The molecular formula is C19H25N3O. The van der Waals surface area contributed by atoms with Gasteiger partial charge in [-0.2, -0.15) is 0 Å². The third-order valence-corrected chi connectivity index (χ3v) is 5.68. The predicted molar refractivity (Wildman–Crippen MR) is 91.2 cm³/mol. The van der Waals surface area contributed by atoms with Crippen LogP contribution in [0, 0.1) is 5.92 Å². The van der Waals surface area contributed by atoms with Crippen molar-refractivity contribution in [3.05, 3.63) is 30.1 Å². The summed E-state index contributed by atoms with van der Waals surface area (Å²) in [6.07, 6.45) is 12.1. The van der Waals surface area contributed by atoms with Gasteiger partial charge in [0.1, 0.15) is 5.65 Å². The Balaban J connectivity index is 1.41. The fourth-order valence-corrected chi connectivity index (χ4v) is 4.33. The molecule has 1 N–H and O–H groups in total. The number of likely N-dealkylation sites (tertiary alicyclic amines) is 1. The second kappa shape index (κ2) is 6.34. The van der Waals surface area contributed by atoms with Gasteiger partial charge in [-0.05, 0) is 49.3 Å². The normalized spacial score (nSPS) is 21.0. The van der Waals surface area contributed by atoms with E-state index in [1.165, 1.54) is 30.2 Å². The summed E-state index contributed by atoms with van der Waals surface area (Å²) in [6, 6.07) is 4.15. The van der Waals surface area contributed by atoms with E-state index in [4.69, 9.17) is 0 Å². The summed E-state index contributed by atoms with van der Waals surface area (Å²) in [7, 11) is 0. The third kappa shape index (κ3) is 2.87. The van der Waals surface area contributed by atoms with Crippen molar-refractivity contribution in [2.75, 3.05) is 13.1 Å². The van der Waals surface area contributed by atoms with E-state index < -0.39 is 0 Å². The molecule has 2 aliphatic rings. The number of piperidine rings is 1. The first-order chi connectivity index (χ1) is 11.3. The molecule has 0 spiro atoms. The molecule has 0 atom stereocenters. The van der Waals surface area contributed by atoms with Gasteiger partial charge < -0.3 is 9.88 Å². The first-order valence-corrected chi connectivity index (χ1v) is 9.04. The maximum atomic E-state index is 12.7. The monoisotopic (exact) mass is 311 g/mol. The Kier molecular flexibility index (Phi) is 4.06. The second-order valence-electron chi connectivity index (χ2n) is 7.08. The summed E-state index contributed by atoms with van der Waals surface area (Å²) in [4.78, 5) is 22.5. The number of hydrogen-bond acceptors (Lipinski definition) is 2. The molecule has 1 amide bonds. The van der Waals surface area contributed by atoms with E-state index >= 15 is 0 Å². The number of pyridine rings is 1. The van der Waals surface area contributed by atoms with E-state index in [1.807, 2.05) is 12.3 Å². The van der Waals surface area contributed by atoms with Gasteiger partial charge in [0.25, 0.3) is 0 Å². The van der Waals surface area contributed by atoms with E-state index in [2.05, 4.69) is 27.1 Å². The molecule has 0 aromatic carbocycles. The summed E-state index contributed by atoms with van der Waals surface area (Å²) in [5.74, 6) is 1.27. The molecule has 0 unspecified atom stereocenters. The number of fused-ring (bicyclic) bond motifs is 1. The van der Waals surface area contributed by atoms with Crippen molar-refractivity contribution >= 4 is 16.9 Å². The summed E-state index contributed by atoms with van der Waals surface area (Å²) in [5.41, 5.74) is 2.35. The largest absolute Gasteiger partial charge is 0.346 e. The average molecular weight is 311 g/mol. The first-order valence-electron chi connectivity index (χ1n) is 9.04. The van der Waals surface area contributed by atoms with Crippen LogP contribution in [-0.2, 0) is 4.79 Å². The minimum atomic E-state index is 0.303. The van der Waals surface area contributed by atoms with E-state index in [0.717, 1.165) is 44.4 Å². The number of aromatic nitrogens is 2. The lowest BCUT2D eigenvalue weighted by atomic mass is 9.86. The Hall–Kier alpha value is -1.84. The van der Waals surface area contributed by atoms with Crippen LogP contribution in [0.5, 0.6) is 0 Å². The number of hydrogen-bond donors (Lipinski definition) is 1. The van der Waals surface area contributed by atoms with Crippen LogP contribution < -0.4 is 0 Å². The van der Waals surface area contributed by atoms with Crippen molar-refractivity contribution in [3.63, 3.8) is 0 Å². The van der Waals surface area contributed by atoms with E-state index in [9.17, 15) is 4.79 Å². The summed E-state index contributed by atoms with van der Waals surface area (Å²) in [6.45, 7) is 1.82. The van der Waals surface area contributed by atoms with Crippen LogP contribution in [-0.4, -0.2) is 33.9 Å². The molecule has 0 radical (unpaired) electrons. The molecule has 1 aliphatic heterocycles. The number of rotatable bonds is 2. The zero-order chi connectivity index (χ0) is 15.6. The summed E-state index contributed by atoms with van der Waals surface area (Å²) in [5, 5.41) is 1.24. The number of carbonyl (C=O) groups is 1. The lowest BCUT2D eigenvalue weighted by molar-refractivity contribution is -0.137. The molecule has 2 fully saturated rings. The highest BCUT2D eigenvalue weighted by atomic mass is 16.2. The molecule has 1 saturated heterocycles. The molecule has 2 aromatic heterocycles. The zero-order valence-corrected chi connectivity index (χ0v) is 13.6. The molecule has 122 valence electrons. The molecule has 1 saturated carbocycles. The molecule has 2 aromatic rings. The fourth-order valence-electron chi connectivity index (χ4n) is 4.33. The highest BCUT2D eigenvalue weighted by Crippen LogP contribution is 2.34. The van der Waals surface area contributed by atoms with E-state index in [1.54, 1.807) is 0 Å². The molecule has 0 bridgehead atoms. The molecule has 4 nitrogen and oxygen atoms in total. The number of carbonyl (C=O) groups excluding carboxylic acids is 1. The molecule has 1 aliphatic carbocycles. The van der Waals surface area contributed by atoms with Gasteiger partial charge >= 0.3 is 0 Å². The Labute approximate surface area is 137 Å². The summed E-state index contributed by atoms with van der Waals surface area (Å²) < 4.78 is 0. The SMILES string of the molecule is O=C(C1CCCCC1)N1CCC(c2c[nH]c3ncccc23)CC1. The van der Waals surface area contributed by atoms with Crippen LogP contribution in [0.25, 0.3) is 11.0 Å². The zero-order valence-electron chi connectivity index (χ0n) is 13.6. The van der Waals surface area contributed by atoms with Gasteiger partial charge in [0.05, 0.1) is 0 Å². The lowest BCUT2D eigenvalue weighted by Gasteiger charge is -2.35. The van der Waals surface area contributed by atoms with Crippen molar-refractivity contribution in [1.82, 2.24) is 14.9 Å². The molecular weight excluding hydrogens is 286 g/mol. The molecule has 4 heteroatoms. The van der Waals surface area contributed by atoms with Crippen molar-refractivity contribution < 1.29 is 4.79 Å². The van der Waals surface area contributed by atoms with Gasteiger partial charge in [0, 0.05) is 36.8 Å². The number of nitrogens with one attached hydrogen (secondary N) is 1. The number of amides is 1. The number of aromatic amines is 1. The van der Waals surface area contributed by atoms with Crippen molar-refractivity contribution in [3.8, 4) is 0 Å². The van der Waals surface area contributed by atoms with E-state index in [-0.39, 0.29) is 0 Å². The first kappa shape index (κ1) is 14.7. The Morgan fingerprint density at radius 1 is 1.13 bits per heavy atom. The minimum absolute atomic E-state index is 0.303. The van der Waals surface area contributed by atoms with Crippen LogP contribution in [0.2, 0.25) is 0 Å². The lowest BCUT2D eigenvalue weighted by Crippen LogP contribution is -2.41. The van der Waals surface area contributed by atoms with Gasteiger partial charge in [-0.3, -0.25) is 4.79 Å². The summed E-state index contributed by atoms with van der Waals surface area (Å²) >= 11 is 0. The number of H-pyrrole nitrogens is 1. The van der Waals surface area contributed by atoms with Gasteiger partial charge in [0.2, 0.25) is 5.91 Å². The predicted octanol–water partition coefficient (Wildman–Crippen LogP) is 3.85. The molecule has 3 heterocycles. The van der Waals surface area contributed by atoms with Gasteiger partial charge in [-0.15, -0.1) is 0 Å². The standard InChI is InChI=1S/C19H25N3O/c23-19(15-5-2-1-3-6-15)22-11-8-14(9-12-22)17-13-21-18-16(17)7-4-10-20-18/h4,7,10,13-15H,1-3,5-6,8-9,11-12H2,(H,20,21). The van der Waals surface area contributed by atoms with Gasteiger partial charge in [0.15, 0.2) is 0 Å². The average Bonchev–Trinajstić information content (AvgIpc) is 3.06. The fraction of sp³-hybridized carbons (Fsp3) is 0.579. The van der Waals surface area contributed by atoms with Crippen LogP contribution in [0.4, 0.5) is 0 Å². The minimum Gasteiger partial charge on any atom is -0.346 e. The van der Waals surface area contributed by atoms with Crippen LogP contribution in [0.1, 0.15) is 56.4 Å². The van der Waals surface area contributed by atoms with Crippen LogP contribution >= 0.6 is 0 Å². The smallest absolute Gasteiger partial charge is 0.225 e. The second-order valence-corrected chi connectivity index (χ2v) is 7.08. The third-order valence-electron chi connectivity index (χ3n) is 5.68. The highest BCUT2D eigenvalue weighted by Gasteiger charge is 2.30. The maximum absolute atomic E-state index is 12.7.